The summed E-state index contributed by atoms with van der Waals surface area (Å²) in [5.74, 6) is 6.11. The van der Waals surface area contributed by atoms with Crippen LogP contribution in [0.3, 0.4) is 0 Å². The Morgan fingerprint density at radius 1 is 1.06 bits per heavy atom. The normalized spacial score (nSPS) is 11.3. The molecule has 4 aromatic rings. The first-order valence-corrected chi connectivity index (χ1v) is 12.0. The van der Waals surface area contributed by atoms with Crippen LogP contribution in [0.5, 0.6) is 0 Å². The molecule has 156 valence electrons. The summed E-state index contributed by atoms with van der Waals surface area (Å²) < 4.78 is 24.3. The van der Waals surface area contributed by atoms with Gasteiger partial charge in [-0.3, -0.25) is 19.3 Å². The highest BCUT2D eigenvalue weighted by Crippen LogP contribution is 2.19. The average molecular weight is 452 g/mol. The second-order valence-corrected chi connectivity index (χ2v) is 9.99. The minimum Gasteiger partial charge on any atom is -0.298 e. The van der Waals surface area contributed by atoms with Crippen molar-refractivity contribution in [2.24, 2.45) is 0 Å². The van der Waals surface area contributed by atoms with E-state index in [1.54, 1.807) is 30.6 Å². The van der Waals surface area contributed by atoms with E-state index in [4.69, 9.17) is 0 Å². The van der Waals surface area contributed by atoms with Crippen molar-refractivity contribution in [3.63, 3.8) is 0 Å². The van der Waals surface area contributed by atoms with Crippen LogP contribution >= 0.6 is 11.3 Å². The van der Waals surface area contributed by atoms with Crippen molar-refractivity contribution in [1.29, 1.82) is 0 Å². The van der Waals surface area contributed by atoms with E-state index in [2.05, 4.69) is 21.8 Å². The van der Waals surface area contributed by atoms with E-state index >= 15 is 0 Å². The molecular weight excluding hydrogens is 434 g/mol. The zero-order valence-electron chi connectivity index (χ0n) is 16.5. The largest absolute Gasteiger partial charge is 0.329 e. The van der Waals surface area contributed by atoms with Crippen LogP contribution in [0, 0.1) is 11.8 Å². The quantitative estimate of drug-likeness (QED) is 0.479. The molecule has 0 aliphatic rings. The number of hydrogen-bond donors (Lipinski definition) is 1. The van der Waals surface area contributed by atoms with Gasteiger partial charge in [-0.25, -0.2) is 13.2 Å². The van der Waals surface area contributed by atoms with E-state index < -0.39 is 21.1 Å². The molecule has 0 atom stereocenters. The Hall–Kier alpha value is -3.48. The Bertz CT molecular complexity index is 1540. The summed E-state index contributed by atoms with van der Waals surface area (Å²) in [6, 6.07) is 11.6. The lowest BCUT2D eigenvalue weighted by molar-refractivity contribution is 0.602. The van der Waals surface area contributed by atoms with Gasteiger partial charge >= 0.3 is 5.69 Å². The maximum Gasteiger partial charge on any atom is 0.329 e. The van der Waals surface area contributed by atoms with Gasteiger partial charge in [0.2, 0.25) is 0 Å². The van der Waals surface area contributed by atoms with E-state index in [-0.39, 0.29) is 11.4 Å². The van der Waals surface area contributed by atoms with Gasteiger partial charge in [-0.05, 0) is 41.5 Å². The smallest absolute Gasteiger partial charge is 0.298 e. The molecule has 0 saturated carbocycles. The third-order valence-corrected chi connectivity index (χ3v) is 6.71. The van der Waals surface area contributed by atoms with Gasteiger partial charge in [-0.15, -0.1) is 11.3 Å². The molecule has 9 heteroatoms. The summed E-state index contributed by atoms with van der Waals surface area (Å²) in [6.07, 6.45) is 5.09. The molecule has 31 heavy (non-hydrogen) atoms. The number of nitrogens with one attached hydrogen (secondary N) is 1. The molecule has 3 heterocycles. The number of aromatic amines is 1. The van der Waals surface area contributed by atoms with E-state index in [1.165, 1.54) is 23.5 Å². The standard InChI is InChI=1S/C22H17N3O4S2/c1-31(28,29)18-7-5-16(6-8-18)14-25-21(26)19-13-17(30-20(19)24-22(25)27)4-2-3-15-9-11-23-12-10-15/h5-13H,3,14H2,1H3,(H,24,27). The van der Waals surface area contributed by atoms with Crippen LogP contribution in [0.15, 0.2) is 69.3 Å². The van der Waals surface area contributed by atoms with Gasteiger partial charge in [0.05, 0.1) is 21.7 Å². The number of thiophene rings is 1. The summed E-state index contributed by atoms with van der Waals surface area (Å²) in [5.41, 5.74) is 0.750. The summed E-state index contributed by atoms with van der Waals surface area (Å²) in [6.45, 7) is 0.0348. The Kier molecular flexibility index (Phi) is 5.59. The molecule has 0 radical (unpaired) electrons. The summed E-state index contributed by atoms with van der Waals surface area (Å²) in [4.78, 5) is 33.4. The zero-order valence-corrected chi connectivity index (χ0v) is 18.1. The third-order valence-electron chi connectivity index (χ3n) is 4.62. The lowest BCUT2D eigenvalue weighted by atomic mass is 10.2. The van der Waals surface area contributed by atoms with E-state index in [0.29, 0.717) is 27.1 Å². The highest BCUT2D eigenvalue weighted by molar-refractivity contribution is 7.90. The molecule has 0 bridgehead atoms. The van der Waals surface area contributed by atoms with Gasteiger partial charge in [0.25, 0.3) is 5.56 Å². The number of rotatable bonds is 4. The average Bonchev–Trinajstić information content (AvgIpc) is 3.14. The van der Waals surface area contributed by atoms with Crippen molar-refractivity contribution in [2.45, 2.75) is 17.9 Å². The van der Waals surface area contributed by atoms with Crippen LogP contribution in [-0.4, -0.2) is 29.2 Å². The molecule has 0 unspecified atom stereocenters. The minimum atomic E-state index is -3.31. The van der Waals surface area contributed by atoms with Crippen molar-refractivity contribution in [2.75, 3.05) is 6.26 Å². The maximum absolute atomic E-state index is 12.9. The van der Waals surface area contributed by atoms with Crippen LogP contribution in [0.25, 0.3) is 10.2 Å². The van der Waals surface area contributed by atoms with Crippen molar-refractivity contribution < 1.29 is 8.42 Å². The number of pyridine rings is 1. The van der Waals surface area contributed by atoms with Gasteiger partial charge < -0.3 is 0 Å². The number of benzene rings is 1. The monoisotopic (exact) mass is 451 g/mol. The van der Waals surface area contributed by atoms with Crippen LogP contribution in [0.1, 0.15) is 16.0 Å². The molecule has 0 fully saturated rings. The first-order valence-electron chi connectivity index (χ1n) is 9.25. The van der Waals surface area contributed by atoms with Crippen molar-refractivity contribution >= 4 is 31.4 Å². The lowest BCUT2D eigenvalue weighted by Crippen LogP contribution is -2.34. The van der Waals surface area contributed by atoms with Crippen molar-refractivity contribution in [1.82, 2.24) is 14.5 Å². The first-order chi connectivity index (χ1) is 14.8. The number of sulfone groups is 1. The van der Waals surface area contributed by atoms with E-state index in [9.17, 15) is 18.0 Å². The number of fused-ring (bicyclic) bond motifs is 1. The second kappa shape index (κ2) is 8.34. The number of aromatic nitrogens is 3. The number of hydrogen-bond acceptors (Lipinski definition) is 6. The topological polar surface area (TPSA) is 102 Å². The lowest BCUT2D eigenvalue weighted by Gasteiger charge is -2.06. The molecule has 0 saturated heterocycles. The molecule has 0 aliphatic heterocycles. The predicted octanol–water partition coefficient (Wildman–Crippen LogP) is 2.19. The second-order valence-electron chi connectivity index (χ2n) is 6.93. The molecular formula is C22H17N3O4S2. The molecule has 0 amide bonds. The molecule has 1 aromatic carbocycles. The van der Waals surface area contributed by atoms with Gasteiger partial charge in [0.15, 0.2) is 9.84 Å². The van der Waals surface area contributed by atoms with E-state index in [0.717, 1.165) is 16.4 Å². The fourth-order valence-corrected chi connectivity index (χ4v) is 4.55. The first kappa shape index (κ1) is 20.8. The van der Waals surface area contributed by atoms with Gasteiger partial charge in [0, 0.05) is 25.1 Å². The summed E-state index contributed by atoms with van der Waals surface area (Å²) in [5, 5.41) is 0.394. The molecule has 3 aromatic heterocycles. The molecule has 7 nitrogen and oxygen atoms in total. The fraction of sp³-hybridized carbons (Fsp3) is 0.136. The minimum absolute atomic E-state index is 0.0348. The third kappa shape index (κ3) is 4.66. The summed E-state index contributed by atoms with van der Waals surface area (Å²) in [7, 11) is -3.31. The highest BCUT2D eigenvalue weighted by atomic mass is 32.2. The maximum atomic E-state index is 12.9. The molecule has 0 aliphatic carbocycles. The van der Waals surface area contributed by atoms with Gasteiger partial charge in [-0.1, -0.05) is 24.0 Å². The zero-order chi connectivity index (χ0) is 22.0. The van der Waals surface area contributed by atoms with Gasteiger partial charge in [-0.2, -0.15) is 0 Å². The summed E-state index contributed by atoms with van der Waals surface area (Å²) >= 11 is 1.26. The van der Waals surface area contributed by atoms with Gasteiger partial charge in [0.1, 0.15) is 4.83 Å². The number of H-pyrrole nitrogens is 1. The Morgan fingerprint density at radius 2 is 1.77 bits per heavy atom. The SMILES string of the molecule is CS(=O)(=O)c1ccc(Cn2c(=O)[nH]c3sc(C#CCc4ccncc4)cc3c2=O)cc1. The van der Waals surface area contributed by atoms with Crippen LogP contribution < -0.4 is 11.2 Å². The van der Waals surface area contributed by atoms with Crippen LogP contribution in [-0.2, 0) is 22.8 Å². The fourth-order valence-electron chi connectivity index (χ4n) is 3.01. The molecule has 0 spiro atoms. The highest BCUT2D eigenvalue weighted by Gasteiger charge is 2.12. The molecule has 4 rings (SSSR count). The van der Waals surface area contributed by atoms with E-state index in [1.807, 2.05) is 12.1 Å². The Labute approximate surface area is 182 Å². The molecule has 1 N–H and O–H groups in total. The number of nitrogens with zero attached hydrogens (tertiary/aromatic N) is 2. The van der Waals surface area contributed by atoms with Crippen molar-refractivity contribution in [3.05, 3.63) is 91.7 Å². The predicted molar refractivity (Wildman–Crippen MR) is 120 cm³/mol. The van der Waals surface area contributed by atoms with Crippen LogP contribution in [0.4, 0.5) is 0 Å². The Morgan fingerprint density at radius 3 is 2.45 bits per heavy atom. The van der Waals surface area contributed by atoms with Crippen LogP contribution in [0.2, 0.25) is 0 Å². The van der Waals surface area contributed by atoms with Crippen molar-refractivity contribution in [3.8, 4) is 11.8 Å². The Balaban J connectivity index is 1.62.